The van der Waals surface area contributed by atoms with Gasteiger partial charge in [0.2, 0.25) is 0 Å². The fraction of sp³-hybridized carbons (Fsp3) is 0.833. The van der Waals surface area contributed by atoms with E-state index in [0.29, 0.717) is 6.42 Å². The van der Waals surface area contributed by atoms with E-state index in [1.165, 1.54) is 0 Å². The van der Waals surface area contributed by atoms with Gasteiger partial charge in [-0.3, -0.25) is 0 Å². The van der Waals surface area contributed by atoms with Crippen LogP contribution < -0.4 is 5.32 Å². The predicted molar refractivity (Wildman–Crippen MR) is 40.5 cm³/mol. The summed E-state index contributed by atoms with van der Waals surface area (Å²) in [5, 5.41) is 2.54. The van der Waals surface area contributed by atoms with Crippen molar-refractivity contribution in [3.8, 4) is 0 Å². The van der Waals surface area contributed by atoms with Gasteiger partial charge in [0, 0.05) is 0 Å². The second-order valence-electron chi connectivity index (χ2n) is 3.32. The average Bonchev–Trinajstić information content (AvgIpc) is 2.41. The number of carbonyl (C=O) groups is 1. The van der Waals surface area contributed by atoms with Crippen LogP contribution in [-0.2, 0) is 14.6 Å². The maximum Gasteiger partial charge on any atom is 0.407 e. The molecule has 68 valence electrons. The van der Waals surface area contributed by atoms with Crippen molar-refractivity contribution in [1.82, 2.24) is 5.32 Å². The minimum Gasteiger partial charge on any atom is -0.447 e. The summed E-state index contributed by atoms with van der Waals surface area (Å²) >= 11 is 0. The zero-order valence-electron chi connectivity index (χ0n) is 6.37. The van der Waals surface area contributed by atoms with E-state index in [2.05, 4.69) is 10.1 Å². The van der Waals surface area contributed by atoms with Crippen LogP contribution >= 0.6 is 0 Å². The van der Waals surface area contributed by atoms with Crippen molar-refractivity contribution >= 4 is 15.9 Å². The molecular formula is C6H9NO4S. The van der Waals surface area contributed by atoms with Crippen LogP contribution in [0.4, 0.5) is 4.79 Å². The van der Waals surface area contributed by atoms with Gasteiger partial charge in [-0.05, 0) is 6.42 Å². The number of ether oxygens (including phenoxy) is 1. The summed E-state index contributed by atoms with van der Waals surface area (Å²) in [6.07, 6.45) is -0.0340. The van der Waals surface area contributed by atoms with Gasteiger partial charge in [0.25, 0.3) is 0 Å². The van der Waals surface area contributed by atoms with Crippen LogP contribution in [0, 0.1) is 0 Å². The second kappa shape index (κ2) is 2.12. The van der Waals surface area contributed by atoms with Gasteiger partial charge in [-0.1, -0.05) is 0 Å². The maximum atomic E-state index is 11.1. The van der Waals surface area contributed by atoms with Crippen molar-refractivity contribution < 1.29 is 17.9 Å². The Morgan fingerprint density at radius 2 is 2.25 bits per heavy atom. The number of cyclic esters (lactones) is 1. The first-order valence-corrected chi connectivity index (χ1v) is 5.49. The average molecular weight is 191 g/mol. The summed E-state index contributed by atoms with van der Waals surface area (Å²) in [5.41, 5.74) is -0.615. The Labute approximate surface area is 70.0 Å². The van der Waals surface area contributed by atoms with Gasteiger partial charge in [-0.2, -0.15) is 0 Å². The van der Waals surface area contributed by atoms with Gasteiger partial charge in [0.05, 0.1) is 17.0 Å². The van der Waals surface area contributed by atoms with Crippen molar-refractivity contribution in [1.29, 1.82) is 0 Å². The van der Waals surface area contributed by atoms with Crippen LogP contribution in [0.15, 0.2) is 0 Å². The molecular weight excluding hydrogens is 182 g/mol. The maximum absolute atomic E-state index is 11.1. The van der Waals surface area contributed by atoms with Crippen molar-refractivity contribution in [3.05, 3.63) is 0 Å². The first-order valence-electron chi connectivity index (χ1n) is 3.67. The minimum absolute atomic E-state index is 0.0196. The third kappa shape index (κ3) is 1.16. The van der Waals surface area contributed by atoms with E-state index >= 15 is 0 Å². The van der Waals surface area contributed by atoms with E-state index in [1.807, 2.05) is 0 Å². The van der Waals surface area contributed by atoms with Crippen molar-refractivity contribution in [3.63, 3.8) is 0 Å². The molecule has 0 aromatic carbocycles. The lowest BCUT2D eigenvalue weighted by Crippen LogP contribution is -2.44. The Morgan fingerprint density at radius 3 is 2.67 bits per heavy atom. The molecule has 5 nitrogen and oxygen atoms in total. The largest absolute Gasteiger partial charge is 0.447 e. The van der Waals surface area contributed by atoms with Gasteiger partial charge in [0.1, 0.15) is 6.61 Å². The molecule has 0 aromatic heterocycles. The molecule has 2 saturated heterocycles. The summed E-state index contributed by atoms with van der Waals surface area (Å²) in [4.78, 5) is 10.7. The van der Waals surface area contributed by atoms with Crippen molar-refractivity contribution in [2.75, 3.05) is 18.1 Å². The zero-order valence-corrected chi connectivity index (χ0v) is 7.19. The molecule has 2 rings (SSSR count). The number of rotatable bonds is 0. The number of hydrogen-bond donors (Lipinski definition) is 1. The van der Waals surface area contributed by atoms with Crippen LogP contribution in [0.1, 0.15) is 6.42 Å². The van der Waals surface area contributed by atoms with Gasteiger partial charge in [0.15, 0.2) is 9.84 Å². The molecule has 1 spiro atoms. The monoisotopic (exact) mass is 191 g/mol. The highest BCUT2D eigenvalue weighted by Crippen LogP contribution is 2.27. The highest BCUT2D eigenvalue weighted by molar-refractivity contribution is 7.91. The minimum atomic E-state index is -2.96. The molecule has 0 bridgehead atoms. The number of alkyl carbamates (subject to hydrolysis) is 1. The lowest BCUT2D eigenvalue weighted by molar-refractivity contribution is 0.173. The molecule has 2 aliphatic heterocycles. The van der Waals surface area contributed by atoms with Crippen LogP contribution in [0.25, 0.3) is 0 Å². The molecule has 0 aliphatic carbocycles. The number of hydrogen-bond acceptors (Lipinski definition) is 4. The topological polar surface area (TPSA) is 72.5 Å². The number of amides is 1. The normalized spacial score (nSPS) is 38.2. The highest BCUT2D eigenvalue weighted by Gasteiger charge is 2.48. The molecule has 6 heteroatoms. The van der Waals surface area contributed by atoms with Gasteiger partial charge in [-0.15, -0.1) is 0 Å². The van der Waals surface area contributed by atoms with E-state index in [0.717, 1.165) is 0 Å². The number of sulfone groups is 1. The summed E-state index contributed by atoms with van der Waals surface area (Å²) in [6, 6.07) is 0. The standard InChI is InChI=1S/C6H9NO4S/c8-5-7-6(3-11-5)1-2-12(9,10)4-6/h1-4H2,(H,7,8). The van der Waals surface area contributed by atoms with Crippen LogP contribution in [-0.4, -0.2) is 38.2 Å². The smallest absolute Gasteiger partial charge is 0.407 e. The highest BCUT2D eigenvalue weighted by atomic mass is 32.2. The summed E-state index contributed by atoms with van der Waals surface area (Å²) in [6.45, 7) is 0.186. The third-order valence-electron chi connectivity index (χ3n) is 2.23. The molecule has 1 amide bonds. The van der Waals surface area contributed by atoms with Crippen LogP contribution in [0.3, 0.4) is 0 Å². The van der Waals surface area contributed by atoms with E-state index in [4.69, 9.17) is 0 Å². The predicted octanol–water partition coefficient (Wildman–Crippen LogP) is -0.716. The van der Waals surface area contributed by atoms with Crippen molar-refractivity contribution in [2.24, 2.45) is 0 Å². The fourth-order valence-corrected chi connectivity index (χ4v) is 3.61. The Morgan fingerprint density at radius 1 is 1.50 bits per heavy atom. The molecule has 1 N–H and O–H groups in total. The third-order valence-corrected chi connectivity index (χ3v) is 4.05. The molecule has 2 fully saturated rings. The first-order chi connectivity index (χ1) is 5.52. The lowest BCUT2D eigenvalue weighted by Gasteiger charge is -2.16. The van der Waals surface area contributed by atoms with Crippen molar-refractivity contribution in [2.45, 2.75) is 12.0 Å². The van der Waals surface area contributed by atoms with E-state index in [1.54, 1.807) is 0 Å². The molecule has 12 heavy (non-hydrogen) atoms. The Bertz CT molecular complexity index is 322. The lowest BCUT2D eigenvalue weighted by atomic mass is 10.0. The quantitative estimate of drug-likeness (QED) is 0.548. The zero-order chi connectivity index (χ0) is 8.82. The Kier molecular flexibility index (Phi) is 1.39. The SMILES string of the molecule is O=C1NC2(CCS(=O)(=O)C2)CO1. The Balaban J connectivity index is 2.22. The molecule has 0 aromatic rings. The first kappa shape index (κ1) is 7.85. The van der Waals surface area contributed by atoms with Crippen LogP contribution in [0.5, 0.6) is 0 Å². The number of nitrogens with one attached hydrogen (secondary N) is 1. The molecule has 1 unspecified atom stereocenters. The summed E-state index contributed by atoms with van der Waals surface area (Å²) < 4.78 is 26.9. The van der Waals surface area contributed by atoms with E-state index in [9.17, 15) is 13.2 Å². The van der Waals surface area contributed by atoms with Gasteiger partial charge >= 0.3 is 6.09 Å². The molecule has 2 heterocycles. The summed E-state index contributed by atoms with van der Waals surface area (Å²) in [7, 11) is -2.96. The fourth-order valence-electron chi connectivity index (χ4n) is 1.62. The van der Waals surface area contributed by atoms with Crippen LogP contribution in [0.2, 0.25) is 0 Å². The molecule has 0 saturated carbocycles. The number of carbonyl (C=O) groups excluding carboxylic acids is 1. The molecule has 1 atom stereocenters. The molecule has 0 radical (unpaired) electrons. The molecule has 2 aliphatic rings. The van der Waals surface area contributed by atoms with Gasteiger partial charge < -0.3 is 10.1 Å². The Hall–Kier alpha value is -0.780. The summed E-state index contributed by atoms with van der Waals surface area (Å²) in [5.74, 6) is 0.169. The van der Waals surface area contributed by atoms with Gasteiger partial charge in [-0.25, -0.2) is 13.2 Å². The van der Waals surface area contributed by atoms with E-state index in [-0.39, 0.29) is 18.1 Å². The second-order valence-corrected chi connectivity index (χ2v) is 5.51. The van der Waals surface area contributed by atoms with E-state index < -0.39 is 21.5 Å².